The average Bonchev–Trinajstić information content (AvgIpc) is 3.18. The van der Waals surface area contributed by atoms with E-state index in [1.807, 2.05) is 24.3 Å². The summed E-state index contributed by atoms with van der Waals surface area (Å²) in [5, 5.41) is 7.27. The number of nitrogens with zero attached hydrogens (tertiary/aromatic N) is 3. The van der Waals surface area contributed by atoms with Crippen LogP contribution in [0.3, 0.4) is 0 Å². The summed E-state index contributed by atoms with van der Waals surface area (Å²) in [5.74, 6) is -0.449. The van der Waals surface area contributed by atoms with Crippen molar-refractivity contribution in [3.05, 3.63) is 66.6 Å². The van der Waals surface area contributed by atoms with Crippen LogP contribution in [-0.4, -0.2) is 42.0 Å². The zero-order valence-corrected chi connectivity index (χ0v) is 15.3. The summed E-state index contributed by atoms with van der Waals surface area (Å²) in [6.45, 7) is 3.33. The van der Waals surface area contributed by atoms with Gasteiger partial charge in [-0.05, 0) is 54.6 Å². The van der Waals surface area contributed by atoms with Gasteiger partial charge in [-0.15, -0.1) is 0 Å². The van der Waals surface area contributed by atoms with Crippen LogP contribution in [0.15, 0.2) is 60.8 Å². The van der Waals surface area contributed by atoms with Crippen molar-refractivity contribution in [1.82, 2.24) is 9.78 Å². The molecule has 0 spiro atoms. The minimum absolute atomic E-state index is 0.104. The summed E-state index contributed by atoms with van der Waals surface area (Å²) < 4.78 is 20.0. The molecule has 7 heteroatoms. The second-order valence-corrected chi connectivity index (χ2v) is 6.60. The molecule has 0 saturated carbocycles. The van der Waals surface area contributed by atoms with Crippen LogP contribution in [-0.2, 0) is 16.1 Å². The predicted octanol–water partition coefficient (Wildman–Crippen LogP) is 3.16. The molecule has 1 aliphatic rings. The number of amides is 1. The summed E-state index contributed by atoms with van der Waals surface area (Å²) in [4.78, 5) is 14.6. The van der Waals surface area contributed by atoms with Crippen molar-refractivity contribution in [3.63, 3.8) is 0 Å². The van der Waals surface area contributed by atoms with Crippen LogP contribution in [0, 0.1) is 5.82 Å². The molecule has 0 radical (unpaired) electrons. The molecule has 2 aromatic carbocycles. The van der Waals surface area contributed by atoms with E-state index in [2.05, 4.69) is 15.3 Å². The summed E-state index contributed by atoms with van der Waals surface area (Å²) in [5.41, 5.74) is 3.37. The molecule has 0 aliphatic carbocycles. The van der Waals surface area contributed by atoms with Gasteiger partial charge in [-0.25, -0.2) is 4.39 Å². The molecule has 0 bridgehead atoms. The molecule has 1 N–H and O–H groups in total. The average molecular weight is 380 g/mol. The van der Waals surface area contributed by atoms with Gasteiger partial charge in [0.05, 0.1) is 18.9 Å². The predicted molar refractivity (Wildman–Crippen MR) is 106 cm³/mol. The van der Waals surface area contributed by atoms with Crippen molar-refractivity contribution in [2.75, 3.05) is 36.5 Å². The number of hydrogen-bond acceptors (Lipinski definition) is 4. The third-order valence-corrected chi connectivity index (χ3v) is 4.61. The lowest BCUT2D eigenvalue weighted by Crippen LogP contribution is -2.36. The van der Waals surface area contributed by atoms with Crippen LogP contribution >= 0.6 is 0 Å². The maximum Gasteiger partial charge on any atom is 0.246 e. The lowest BCUT2D eigenvalue weighted by molar-refractivity contribution is -0.116. The van der Waals surface area contributed by atoms with Gasteiger partial charge in [-0.2, -0.15) is 5.10 Å². The van der Waals surface area contributed by atoms with E-state index >= 15 is 0 Å². The number of nitrogens with one attached hydrogen (secondary N) is 1. The van der Waals surface area contributed by atoms with Gasteiger partial charge in [-0.3, -0.25) is 9.48 Å². The fraction of sp³-hybridized carbons (Fsp3) is 0.238. The van der Waals surface area contributed by atoms with Crippen LogP contribution in [0.25, 0.3) is 11.3 Å². The largest absolute Gasteiger partial charge is 0.378 e. The van der Waals surface area contributed by atoms with Gasteiger partial charge < -0.3 is 15.0 Å². The first-order valence-electron chi connectivity index (χ1n) is 9.19. The summed E-state index contributed by atoms with van der Waals surface area (Å²) in [6, 6.07) is 15.7. The SMILES string of the molecule is O=C(Cn1ccc(-c2ccc(F)cc2)n1)Nc1ccc(N2CCOCC2)cc1. The van der Waals surface area contributed by atoms with Crippen molar-refractivity contribution < 1.29 is 13.9 Å². The summed E-state index contributed by atoms with van der Waals surface area (Å²) >= 11 is 0. The Balaban J connectivity index is 1.35. The van der Waals surface area contributed by atoms with E-state index in [4.69, 9.17) is 4.74 Å². The van der Waals surface area contributed by atoms with Gasteiger partial charge >= 0.3 is 0 Å². The number of morpholine rings is 1. The first kappa shape index (κ1) is 18.2. The maximum atomic E-state index is 13.0. The molecule has 0 unspecified atom stereocenters. The van der Waals surface area contributed by atoms with Crippen molar-refractivity contribution in [2.45, 2.75) is 6.54 Å². The van der Waals surface area contributed by atoms with Gasteiger partial charge in [0, 0.05) is 36.2 Å². The summed E-state index contributed by atoms with van der Waals surface area (Å²) in [6.07, 6.45) is 1.74. The van der Waals surface area contributed by atoms with E-state index < -0.39 is 0 Å². The van der Waals surface area contributed by atoms with Gasteiger partial charge in [0.1, 0.15) is 12.4 Å². The molecule has 1 fully saturated rings. The van der Waals surface area contributed by atoms with Crippen LogP contribution in [0.1, 0.15) is 0 Å². The Morgan fingerprint density at radius 2 is 1.75 bits per heavy atom. The molecule has 4 rings (SSSR count). The Kier molecular flexibility index (Phi) is 5.34. The lowest BCUT2D eigenvalue weighted by Gasteiger charge is -2.28. The topological polar surface area (TPSA) is 59.4 Å². The number of halogens is 1. The fourth-order valence-corrected chi connectivity index (χ4v) is 3.15. The van der Waals surface area contributed by atoms with Crippen molar-refractivity contribution in [1.29, 1.82) is 0 Å². The Hall–Kier alpha value is -3.19. The number of hydrogen-bond donors (Lipinski definition) is 1. The minimum atomic E-state index is -0.290. The fourth-order valence-electron chi connectivity index (χ4n) is 3.15. The highest BCUT2D eigenvalue weighted by Gasteiger charge is 2.11. The molecule has 1 amide bonds. The molecule has 28 heavy (non-hydrogen) atoms. The van der Waals surface area contributed by atoms with Gasteiger partial charge in [0.2, 0.25) is 5.91 Å². The van der Waals surface area contributed by atoms with E-state index in [-0.39, 0.29) is 18.3 Å². The molecule has 3 aromatic rings. The number of carbonyl (C=O) groups is 1. The zero-order valence-electron chi connectivity index (χ0n) is 15.3. The Morgan fingerprint density at radius 3 is 2.46 bits per heavy atom. The Bertz CT molecular complexity index is 932. The van der Waals surface area contributed by atoms with E-state index in [0.717, 1.165) is 43.2 Å². The van der Waals surface area contributed by atoms with E-state index in [1.54, 1.807) is 29.1 Å². The van der Waals surface area contributed by atoms with Gasteiger partial charge in [0.25, 0.3) is 0 Å². The third kappa shape index (κ3) is 4.37. The second-order valence-electron chi connectivity index (χ2n) is 6.60. The third-order valence-electron chi connectivity index (χ3n) is 4.61. The number of anilines is 2. The molecular formula is C21H21FN4O2. The van der Waals surface area contributed by atoms with E-state index in [1.165, 1.54) is 12.1 Å². The molecule has 1 aliphatic heterocycles. The number of carbonyl (C=O) groups excluding carboxylic acids is 1. The molecule has 0 atom stereocenters. The van der Waals surface area contributed by atoms with E-state index in [9.17, 15) is 9.18 Å². The number of aromatic nitrogens is 2. The Morgan fingerprint density at radius 1 is 1.04 bits per heavy atom. The maximum absolute atomic E-state index is 13.0. The van der Waals surface area contributed by atoms with Crippen LogP contribution in [0.5, 0.6) is 0 Å². The highest BCUT2D eigenvalue weighted by atomic mass is 19.1. The van der Waals surface area contributed by atoms with Gasteiger partial charge in [-0.1, -0.05) is 0 Å². The normalized spacial score (nSPS) is 14.1. The summed E-state index contributed by atoms with van der Waals surface area (Å²) in [7, 11) is 0. The quantitative estimate of drug-likeness (QED) is 0.739. The monoisotopic (exact) mass is 380 g/mol. The first-order valence-corrected chi connectivity index (χ1v) is 9.19. The van der Waals surface area contributed by atoms with Crippen molar-refractivity contribution in [3.8, 4) is 11.3 Å². The lowest BCUT2D eigenvalue weighted by atomic mass is 10.1. The van der Waals surface area contributed by atoms with Gasteiger partial charge in [0.15, 0.2) is 0 Å². The minimum Gasteiger partial charge on any atom is -0.378 e. The number of ether oxygens (including phenoxy) is 1. The van der Waals surface area contributed by atoms with E-state index in [0.29, 0.717) is 5.69 Å². The highest BCUT2D eigenvalue weighted by Crippen LogP contribution is 2.20. The molecule has 1 aromatic heterocycles. The van der Waals surface area contributed by atoms with Crippen LogP contribution in [0.2, 0.25) is 0 Å². The molecular weight excluding hydrogens is 359 g/mol. The second kappa shape index (κ2) is 8.22. The van der Waals surface area contributed by atoms with Crippen LogP contribution in [0.4, 0.5) is 15.8 Å². The standard InChI is InChI=1S/C21H21FN4O2/c22-17-3-1-16(2-4-17)20-9-10-26(24-20)15-21(27)23-18-5-7-19(8-6-18)25-11-13-28-14-12-25/h1-10H,11-15H2,(H,23,27). The smallest absolute Gasteiger partial charge is 0.246 e. The molecule has 144 valence electrons. The zero-order chi connectivity index (χ0) is 19.3. The molecule has 1 saturated heterocycles. The number of benzene rings is 2. The Labute approximate surface area is 162 Å². The van der Waals surface area contributed by atoms with Crippen LogP contribution < -0.4 is 10.2 Å². The van der Waals surface area contributed by atoms with Crippen molar-refractivity contribution in [2.24, 2.45) is 0 Å². The van der Waals surface area contributed by atoms with Crippen molar-refractivity contribution >= 4 is 17.3 Å². The molecule has 2 heterocycles. The number of rotatable bonds is 5. The molecule has 6 nitrogen and oxygen atoms in total. The first-order chi connectivity index (χ1) is 13.7. The highest BCUT2D eigenvalue weighted by molar-refractivity contribution is 5.90.